The third kappa shape index (κ3) is 6.78. The summed E-state index contributed by atoms with van der Waals surface area (Å²) in [4.78, 5) is 25.1. The van der Waals surface area contributed by atoms with Crippen molar-refractivity contribution in [2.45, 2.75) is 77.6 Å². The van der Waals surface area contributed by atoms with Gasteiger partial charge in [0.25, 0.3) is 0 Å². The minimum absolute atomic E-state index is 0.0538. The molecule has 3 heteroatoms. The quantitative estimate of drug-likeness (QED) is 0.239. The highest BCUT2D eigenvalue weighted by molar-refractivity contribution is 6.26. The van der Waals surface area contributed by atoms with Crippen molar-refractivity contribution in [3.8, 4) is 5.75 Å². The molecule has 31 heavy (non-hydrogen) atoms. The molecule has 0 atom stereocenters. The predicted octanol–water partition coefficient (Wildman–Crippen LogP) is 7.22. The van der Waals surface area contributed by atoms with Crippen molar-refractivity contribution in [2.24, 2.45) is 5.92 Å². The lowest BCUT2D eigenvalue weighted by Gasteiger charge is -2.09. The largest absolute Gasteiger partial charge is 0.494 e. The van der Waals surface area contributed by atoms with Gasteiger partial charge in [-0.15, -0.1) is 0 Å². The van der Waals surface area contributed by atoms with E-state index < -0.39 is 5.92 Å². The maximum Gasteiger partial charge on any atom is 0.174 e. The van der Waals surface area contributed by atoms with Gasteiger partial charge in [-0.25, -0.2) is 0 Å². The van der Waals surface area contributed by atoms with Crippen LogP contribution in [0.2, 0.25) is 0 Å². The van der Waals surface area contributed by atoms with E-state index in [1.165, 1.54) is 57.8 Å². The van der Waals surface area contributed by atoms with Crippen LogP contribution in [0.15, 0.2) is 48.5 Å². The average molecular weight is 421 g/mol. The number of fused-ring (bicyclic) bond motifs is 1. The fourth-order valence-corrected chi connectivity index (χ4v) is 4.33. The molecule has 1 aliphatic rings. The first-order chi connectivity index (χ1) is 15.2. The molecular formula is C28H36O3. The van der Waals surface area contributed by atoms with Crippen LogP contribution in [0.4, 0.5) is 0 Å². The zero-order chi connectivity index (χ0) is 21.9. The molecule has 0 radical (unpaired) electrons. The van der Waals surface area contributed by atoms with Crippen molar-refractivity contribution in [1.82, 2.24) is 0 Å². The number of rotatable bonds is 14. The van der Waals surface area contributed by atoms with Crippen molar-refractivity contribution in [2.75, 3.05) is 6.61 Å². The fourth-order valence-electron chi connectivity index (χ4n) is 4.33. The molecule has 3 rings (SSSR count). The second kappa shape index (κ2) is 12.4. The monoisotopic (exact) mass is 420 g/mol. The van der Waals surface area contributed by atoms with E-state index in [1.807, 2.05) is 36.4 Å². The SMILES string of the molecule is CCCCCCCCCCCCOc1ccc(CC2C(=O)c3ccccc3C2=O)cc1. The zero-order valence-electron chi connectivity index (χ0n) is 18.9. The standard InChI is InChI=1S/C28H36O3/c1-2-3-4-5-6-7-8-9-10-13-20-31-23-18-16-22(17-19-23)21-26-27(29)24-14-11-12-15-25(24)28(26)30/h11-12,14-19,26H,2-10,13,20-21H2,1H3. The van der Waals surface area contributed by atoms with E-state index in [-0.39, 0.29) is 11.6 Å². The number of unbranched alkanes of at least 4 members (excludes halogenated alkanes) is 9. The molecule has 0 spiro atoms. The summed E-state index contributed by atoms with van der Waals surface area (Å²) in [6.45, 7) is 3.00. The number of carbonyl (C=O) groups is 2. The van der Waals surface area contributed by atoms with Crippen molar-refractivity contribution in [3.05, 3.63) is 65.2 Å². The van der Waals surface area contributed by atoms with E-state index in [1.54, 1.807) is 12.1 Å². The van der Waals surface area contributed by atoms with Gasteiger partial charge in [0.1, 0.15) is 5.75 Å². The first kappa shape index (κ1) is 23.2. The molecule has 0 heterocycles. The van der Waals surface area contributed by atoms with Crippen LogP contribution in [0.3, 0.4) is 0 Å². The minimum atomic E-state index is -0.587. The number of hydrogen-bond donors (Lipinski definition) is 0. The third-order valence-corrected chi connectivity index (χ3v) is 6.22. The van der Waals surface area contributed by atoms with Crippen LogP contribution < -0.4 is 4.74 Å². The second-order valence-electron chi connectivity index (χ2n) is 8.71. The summed E-state index contributed by atoms with van der Waals surface area (Å²) in [5.74, 6) is 0.159. The summed E-state index contributed by atoms with van der Waals surface area (Å²) >= 11 is 0. The predicted molar refractivity (Wildman–Crippen MR) is 126 cm³/mol. The number of ketones is 2. The van der Waals surface area contributed by atoms with Gasteiger partial charge in [-0.3, -0.25) is 9.59 Å². The Morgan fingerprint density at radius 1 is 0.677 bits per heavy atom. The number of ether oxygens (including phenoxy) is 1. The molecule has 0 N–H and O–H groups in total. The summed E-state index contributed by atoms with van der Waals surface area (Å²) in [5.41, 5.74) is 2.12. The van der Waals surface area contributed by atoms with E-state index in [9.17, 15) is 9.59 Å². The Balaban J connectivity index is 1.31. The topological polar surface area (TPSA) is 43.4 Å². The molecule has 0 aliphatic heterocycles. The minimum Gasteiger partial charge on any atom is -0.494 e. The maximum absolute atomic E-state index is 12.6. The zero-order valence-corrected chi connectivity index (χ0v) is 18.9. The molecule has 0 bridgehead atoms. The fraction of sp³-hybridized carbons (Fsp3) is 0.500. The molecular weight excluding hydrogens is 384 g/mol. The van der Waals surface area contributed by atoms with Crippen LogP contribution >= 0.6 is 0 Å². The molecule has 2 aromatic rings. The Morgan fingerprint density at radius 3 is 1.74 bits per heavy atom. The van der Waals surface area contributed by atoms with Gasteiger partial charge >= 0.3 is 0 Å². The van der Waals surface area contributed by atoms with Crippen LogP contribution in [-0.2, 0) is 6.42 Å². The van der Waals surface area contributed by atoms with E-state index >= 15 is 0 Å². The highest BCUT2D eigenvalue weighted by Gasteiger charge is 2.37. The van der Waals surface area contributed by atoms with Gasteiger partial charge in [-0.05, 0) is 30.5 Å². The number of Topliss-reactive ketones (excluding diaryl/α,β-unsaturated/α-hetero) is 2. The molecule has 0 saturated carbocycles. The molecule has 0 aromatic heterocycles. The van der Waals surface area contributed by atoms with Crippen LogP contribution in [-0.4, -0.2) is 18.2 Å². The van der Waals surface area contributed by atoms with Crippen LogP contribution in [0.25, 0.3) is 0 Å². The van der Waals surface area contributed by atoms with Gasteiger partial charge in [0, 0.05) is 11.1 Å². The van der Waals surface area contributed by atoms with E-state index in [4.69, 9.17) is 4.74 Å². The Labute approximate surface area is 187 Å². The molecule has 0 fully saturated rings. The highest BCUT2D eigenvalue weighted by Crippen LogP contribution is 2.29. The number of carbonyl (C=O) groups excluding carboxylic acids is 2. The number of hydrogen-bond acceptors (Lipinski definition) is 3. The van der Waals surface area contributed by atoms with Crippen LogP contribution in [0.1, 0.15) is 97.4 Å². The van der Waals surface area contributed by atoms with Gasteiger partial charge in [0.05, 0.1) is 12.5 Å². The maximum atomic E-state index is 12.6. The Kier molecular flexibility index (Phi) is 9.33. The van der Waals surface area contributed by atoms with Crippen molar-refractivity contribution < 1.29 is 14.3 Å². The summed E-state index contributed by atoms with van der Waals surface area (Å²) in [7, 11) is 0. The lowest BCUT2D eigenvalue weighted by atomic mass is 9.95. The molecule has 3 nitrogen and oxygen atoms in total. The van der Waals surface area contributed by atoms with E-state index in [0.717, 1.165) is 24.3 Å². The molecule has 0 saturated heterocycles. The summed E-state index contributed by atoms with van der Waals surface area (Å²) in [6.07, 6.45) is 13.6. The molecule has 0 unspecified atom stereocenters. The average Bonchev–Trinajstić information content (AvgIpc) is 3.03. The van der Waals surface area contributed by atoms with Crippen molar-refractivity contribution in [1.29, 1.82) is 0 Å². The summed E-state index contributed by atoms with van der Waals surface area (Å²) in [5, 5.41) is 0. The Hall–Kier alpha value is -2.42. The second-order valence-corrected chi connectivity index (χ2v) is 8.71. The van der Waals surface area contributed by atoms with Crippen LogP contribution in [0.5, 0.6) is 5.75 Å². The Morgan fingerprint density at radius 2 is 1.19 bits per heavy atom. The Bertz CT molecular complexity index is 803. The summed E-state index contributed by atoms with van der Waals surface area (Å²) in [6, 6.07) is 15.0. The normalized spacial score (nSPS) is 13.6. The van der Waals surface area contributed by atoms with Crippen molar-refractivity contribution >= 4 is 11.6 Å². The first-order valence-electron chi connectivity index (χ1n) is 12.1. The van der Waals surface area contributed by atoms with Gasteiger partial charge in [0.15, 0.2) is 11.6 Å². The van der Waals surface area contributed by atoms with Gasteiger partial charge in [0.2, 0.25) is 0 Å². The smallest absolute Gasteiger partial charge is 0.174 e. The molecule has 1 aliphatic carbocycles. The van der Waals surface area contributed by atoms with E-state index in [2.05, 4.69) is 6.92 Å². The van der Waals surface area contributed by atoms with Gasteiger partial charge < -0.3 is 4.74 Å². The molecule has 166 valence electrons. The van der Waals surface area contributed by atoms with Gasteiger partial charge in [-0.2, -0.15) is 0 Å². The summed E-state index contributed by atoms with van der Waals surface area (Å²) < 4.78 is 5.86. The molecule has 0 amide bonds. The highest BCUT2D eigenvalue weighted by atomic mass is 16.5. The third-order valence-electron chi connectivity index (χ3n) is 6.22. The lowest BCUT2D eigenvalue weighted by molar-refractivity contribution is 0.0838. The molecule has 2 aromatic carbocycles. The van der Waals surface area contributed by atoms with Crippen LogP contribution in [0, 0.1) is 5.92 Å². The van der Waals surface area contributed by atoms with E-state index in [0.29, 0.717) is 17.5 Å². The van der Waals surface area contributed by atoms with Crippen molar-refractivity contribution in [3.63, 3.8) is 0 Å². The number of benzene rings is 2. The first-order valence-corrected chi connectivity index (χ1v) is 12.1. The van der Waals surface area contributed by atoms with Gasteiger partial charge in [-0.1, -0.05) is 101 Å². The lowest BCUT2D eigenvalue weighted by Crippen LogP contribution is -2.17.